The summed E-state index contributed by atoms with van der Waals surface area (Å²) in [6, 6.07) is 3.53. The lowest BCUT2D eigenvalue weighted by Gasteiger charge is -2.35. The molecule has 2 N–H and O–H groups in total. The van der Waals surface area contributed by atoms with Gasteiger partial charge in [-0.3, -0.25) is 4.79 Å². The van der Waals surface area contributed by atoms with Crippen molar-refractivity contribution in [1.29, 1.82) is 0 Å². The molecule has 4 nitrogen and oxygen atoms in total. The van der Waals surface area contributed by atoms with Gasteiger partial charge in [-0.15, -0.1) is 0 Å². The second kappa shape index (κ2) is 9.58. The zero-order valence-electron chi connectivity index (χ0n) is 18.3. The number of ether oxygens (including phenoxy) is 1. The third-order valence-corrected chi connectivity index (χ3v) is 7.04. The molecule has 0 bridgehead atoms. The Hall–Kier alpha value is -1.76. The van der Waals surface area contributed by atoms with E-state index in [1.54, 1.807) is 11.6 Å². The number of allylic oxidation sites excluding steroid dienone is 5. The van der Waals surface area contributed by atoms with E-state index in [0.29, 0.717) is 14.7 Å². The van der Waals surface area contributed by atoms with Crippen molar-refractivity contribution in [1.82, 2.24) is 5.32 Å². The molecular formula is C25H32INO3. The number of phenolic OH excluding ortho intramolecular Hbond substituents is 1. The smallest absolute Gasteiger partial charge is 0.228 e. The van der Waals surface area contributed by atoms with Gasteiger partial charge >= 0.3 is 0 Å². The predicted octanol–water partition coefficient (Wildman–Crippen LogP) is 6.04. The number of halogens is 1. The first-order valence-electron chi connectivity index (χ1n) is 10.6. The van der Waals surface area contributed by atoms with Crippen molar-refractivity contribution < 1.29 is 14.6 Å². The fourth-order valence-electron chi connectivity index (χ4n) is 4.38. The van der Waals surface area contributed by atoms with Crippen LogP contribution in [0.1, 0.15) is 58.4 Å². The standard InChI is InChI=1S/C25H32INO3/c1-25(2,3)19-10-8-17(9-11-19)18-6-5-7-20(15-18)27-23(28)14-16-12-21(26)24(29)22(13-16)30-4/h5-7,12-13,19,29H,8-11,14-15H2,1-4H3,(H,27,28). The topological polar surface area (TPSA) is 58.6 Å². The molecule has 2 aliphatic carbocycles. The average molecular weight is 521 g/mol. The summed E-state index contributed by atoms with van der Waals surface area (Å²) in [5, 5.41) is 13.0. The third-order valence-electron chi connectivity index (χ3n) is 6.22. The Morgan fingerprint density at radius 1 is 1.27 bits per heavy atom. The van der Waals surface area contributed by atoms with E-state index < -0.39 is 0 Å². The molecule has 0 atom stereocenters. The van der Waals surface area contributed by atoms with E-state index >= 15 is 0 Å². The number of carbonyl (C=O) groups is 1. The Morgan fingerprint density at radius 3 is 2.60 bits per heavy atom. The minimum atomic E-state index is -0.0547. The van der Waals surface area contributed by atoms with Crippen molar-refractivity contribution in [2.75, 3.05) is 7.11 Å². The molecule has 2 aliphatic rings. The van der Waals surface area contributed by atoms with Crippen LogP contribution in [0, 0.1) is 14.9 Å². The van der Waals surface area contributed by atoms with Crippen molar-refractivity contribution in [3.8, 4) is 11.5 Å². The lowest BCUT2D eigenvalue weighted by atomic mass is 9.70. The minimum Gasteiger partial charge on any atom is -0.504 e. The lowest BCUT2D eigenvalue weighted by molar-refractivity contribution is -0.119. The van der Waals surface area contributed by atoms with Crippen LogP contribution < -0.4 is 10.1 Å². The summed E-state index contributed by atoms with van der Waals surface area (Å²) in [5.74, 6) is 1.23. The molecule has 0 aromatic heterocycles. The van der Waals surface area contributed by atoms with Crippen LogP contribution in [-0.4, -0.2) is 18.1 Å². The Labute approximate surface area is 193 Å². The number of nitrogens with one attached hydrogen (secondary N) is 1. The van der Waals surface area contributed by atoms with Gasteiger partial charge < -0.3 is 15.2 Å². The van der Waals surface area contributed by atoms with Gasteiger partial charge in [0, 0.05) is 12.1 Å². The Bertz CT molecular complexity index is 896. The molecule has 162 valence electrons. The van der Waals surface area contributed by atoms with Gasteiger partial charge in [-0.05, 0) is 89.0 Å². The molecule has 0 radical (unpaired) electrons. The lowest BCUT2D eigenvalue weighted by Crippen LogP contribution is -2.26. The number of aromatic hydroxyl groups is 1. The maximum atomic E-state index is 12.6. The average Bonchev–Trinajstić information content (AvgIpc) is 2.70. The SMILES string of the molecule is COc1cc(CC(=O)NC2=CC=CC(=C3CCC(C(C)(C)C)CC3)C2)cc(I)c1O. The fraction of sp³-hybridized carbons (Fsp3) is 0.480. The zero-order valence-corrected chi connectivity index (χ0v) is 20.5. The molecule has 0 unspecified atom stereocenters. The summed E-state index contributed by atoms with van der Waals surface area (Å²) < 4.78 is 5.87. The van der Waals surface area contributed by atoms with Gasteiger partial charge in [-0.25, -0.2) is 0 Å². The summed E-state index contributed by atoms with van der Waals surface area (Å²) in [7, 11) is 1.51. The van der Waals surface area contributed by atoms with Crippen LogP contribution in [0.5, 0.6) is 11.5 Å². The van der Waals surface area contributed by atoms with Crippen LogP contribution in [0.4, 0.5) is 0 Å². The second-order valence-corrected chi connectivity index (χ2v) is 10.5. The number of carbonyl (C=O) groups excluding carboxylic acids is 1. The van der Waals surface area contributed by atoms with Crippen LogP contribution in [0.2, 0.25) is 0 Å². The van der Waals surface area contributed by atoms with E-state index in [4.69, 9.17) is 4.74 Å². The van der Waals surface area contributed by atoms with Crippen LogP contribution in [0.15, 0.2) is 47.2 Å². The number of methoxy groups -OCH3 is 1. The maximum absolute atomic E-state index is 12.6. The largest absolute Gasteiger partial charge is 0.504 e. The molecule has 1 saturated carbocycles. The van der Waals surface area contributed by atoms with Crippen LogP contribution in [0.3, 0.4) is 0 Å². The predicted molar refractivity (Wildman–Crippen MR) is 130 cm³/mol. The highest BCUT2D eigenvalue weighted by molar-refractivity contribution is 14.1. The molecule has 5 heteroatoms. The van der Waals surface area contributed by atoms with E-state index in [2.05, 4.69) is 32.2 Å². The van der Waals surface area contributed by atoms with Gasteiger partial charge in [0.25, 0.3) is 0 Å². The number of phenols is 1. The highest BCUT2D eigenvalue weighted by Gasteiger charge is 2.28. The molecule has 1 amide bonds. The van der Waals surface area contributed by atoms with Crippen molar-refractivity contribution in [3.05, 3.63) is 56.3 Å². The minimum absolute atomic E-state index is 0.0547. The molecular weight excluding hydrogens is 489 g/mol. The monoisotopic (exact) mass is 521 g/mol. The molecule has 3 rings (SSSR count). The zero-order chi connectivity index (χ0) is 21.9. The van der Waals surface area contributed by atoms with Gasteiger partial charge in [0.15, 0.2) is 11.5 Å². The van der Waals surface area contributed by atoms with Crippen molar-refractivity contribution in [2.45, 2.75) is 59.3 Å². The number of hydrogen-bond acceptors (Lipinski definition) is 3. The summed E-state index contributed by atoms with van der Waals surface area (Å²) in [6.07, 6.45) is 12.1. The number of amides is 1. The van der Waals surface area contributed by atoms with E-state index in [-0.39, 0.29) is 18.1 Å². The highest BCUT2D eigenvalue weighted by atomic mass is 127. The third kappa shape index (κ3) is 5.68. The first-order chi connectivity index (χ1) is 14.2. The molecule has 0 heterocycles. The first kappa shape index (κ1) is 22.9. The molecule has 1 fully saturated rings. The number of rotatable bonds is 4. The van der Waals surface area contributed by atoms with E-state index in [0.717, 1.165) is 36.4 Å². The maximum Gasteiger partial charge on any atom is 0.228 e. The Morgan fingerprint density at radius 2 is 1.97 bits per heavy atom. The van der Waals surface area contributed by atoms with E-state index in [1.165, 1.54) is 25.5 Å². The highest BCUT2D eigenvalue weighted by Crippen LogP contribution is 2.41. The van der Waals surface area contributed by atoms with Crippen molar-refractivity contribution >= 4 is 28.5 Å². The second-order valence-electron chi connectivity index (χ2n) is 9.35. The molecule has 30 heavy (non-hydrogen) atoms. The van der Waals surface area contributed by atoms with Gasteiger partial charge in [-0.1, -0.05) is 38.5 Å². The summed E-state index contributed by atoms with van der Waals surface area (Å²) >= 11 is 2.05. The van der Waals surface area contributed by atoms with Crippen molar-refractivity contribution in [3.63, 3.8) is 0 Å². The van der Waals surface area contributed by atoms with Gasteiger partial charge in [0.05, 0.1) is 17.1 Å². The molecule has 0 spiro atoms. The fourth-order valence-corrected chi connectivity index (χ4v) is 5.04. The summed E-state index contributed by atoms with van der Waals surface area (Å²) in [4.78, 5) is 12.6. The molecule has 0 saturated heterocycles. The molecule has 1 aromatic carbocycles. The van der Waals surface area contributed by atoms with E-state index in [1.807, 2.05) is 40.8 Å². The Balaban J connectivity index is 1.61. The number of benzene rings is 1. The first-order valence-corrected chi connectivity index (χ1v) is 11.7. The quantitative estimate of drug-likeness (QED) is 0.475. The number of hydrogen-bond donors (Lipinski definition) is 2. The van der Waals surface area contributed by atoms with Gasteiger partial charge in [0.1, 0.15) is 0 Å². The van der Waals surface area contributed by atoms with Crippen molar-refractivity contribution in [2.24, 2.45) is 11.3 Å². The van der Waals surface area contributed by atoms with Crippen LogP contribution in [0.25, 0.3) is 0 Å². The summed E-state index contributed by atoms with van der Waals surface area (Å²) in [6.45, 7) is 7.03. The molecule has 0 aliphatic heterocycles. The molecule has 1 aromatic rings. The van der Waals surface area contributed by atoms with Gasteiger partial charge in [-0.2, -0.15) is 0 Å². The van der Waals surface area contributed by atoms with Crippen LogP contribution >= 0.6 is 22.6 Å². The Kier molecular flexibility index (Phi) is 7.32. The normalized spacial score (nSPS) is 19.5. The summed E-state index contributed by atoms with van der Waals surface area (Å²) in [5.41, 5.74) is 5.05. The van der Waals surface area contributed by atoms with Crippen LogP contribution in [-0.2, 0) is 11.2 Å². The van der Waals surface area contributed by atoms with Gasteiger partial charge in [0.2, 0.25) is 5.91 Å². The van der Waals surface area contributed by atoms with E-state index in [9.17, 15) is 9.90 Å².